The summed E-state index contributed by atoms with van der Waals surface area (Å²) in [5.74, 6) is -0.338. The van der Waals surface area contributed by atoms with Crippen LogP contribution in [-0.4, -0.2) is 29.3 Å². The monoisotopic (exact) mass is 297 g/mol. The van der Waals surface area contributed by atoms with Crippen LogP contribution in [0.15, 0.2) is 12.1 Å². The van der Waals surface area contributed by atoms with Crippen LogP contribution >= 0.6 is 11.6 Å². The first-order valence-electron chi connectivity index (χ1n) is 7.00. The van der Waals surface area contributed by atoms with Gasteiger partial charge in [-0.25, -0.2) is 9.78 Å². The summed E-state index contributed by atoms with van der Waals surface area (Å²) in [4.78, 5) is 16.3. The molecule has 1 aromatic heterocycles. The van der Waals surface area contributed by atoms with E-state index in [2.05, 4.69) is 4.98 Å². The van der Waals surface area contributed by atoms with E-state index in [9.17, 15) is 4.79 Å². The molecule has 2 heterocycles. The number of esters is 1. The maximum atomic E-state index is 12.2. The lowest BCUT2D eigenvalue weighted by Gasteiger charge is -2.31. The molecule has 0 amide bonds. The molecule has 0 radical (unpaired) electrons. The average molecular weight is 298 g/mol. The van der Waals surface area contributed by atoms with Crippen LogP contribution in [0.2, 0.25) is 5.15 Å². The van der Waals surface area contributed by atoms with Gasteiger partial charge in [0.25, 0.3) is 0 Å². The summed E-state index contributed by atoms with van der Waals surface area (Å²) < 4.78 is 11.2. The van der Waals surface area contributed by atoms with Crippen molar-refractivity contribution in [1.82, 2.24) is 4.98 Å². The predicted molar refractivity (Wildman–Crippen MR) is 77.1 cm³/mol. The van der Waals surface area contributed by atoms with Gasteiger partial charge in [0.2, 0.25) is 0 Å². The average Bonchev–Trinajstić information content (AvgIpc) is 2.36. The number of carbonyl (C=O) groups is 1. The van der Waals surface area contributed by atoms with E-state index >= 15 is 0 Å². The van der Waals surface area contributed by atoms with Crippen molar-refractivity contribution < 1.29 is 14.3 Å². The summed E-state index contributed by atoms with van der Waals surface area (Å²) >= 11 is 5.92. The van der Waals surface area contributed by atoms with Crippen LogP contribution < -0.4 is 0 Å². The fourth-order valence-corrected chi connectivity index (χ4v) is 2.74. The number of nitrogens with zero attached hydrogens (tertiary/aromatic N) is 1. The second-order valence-corrected chi connectivity index (χ2v) is 5.67. The topological polar surface area (TPSA) is 48.4 Å². The van der Waals surface area contributed by atoms with Gasteiger partial charge in [-0.3, -0.25) is 0 Å². The molecule has 1 aliphatic rings. The van der Waals surface area contributed by atoms with Gasteiger partial charge in [0.05, 0.1) is 17.8 Å². The third-order valence-corrected chi connectivity index (χ3v) is 3.57. The van der Waals surface area contributed by atoms with Gasteiger partial charge >= 0.3 is 5.97 Å². The second-order valence-electron chi connectivity index (χ2n) is 5.28. The summed E-state index contributed by atoms with van der Waals surface area (Å²) in [6.45, 7) is 5.96. The fraction of sp³-hybridized carbons (Fsp3) is 0.600. The van der Waals surface area contributed by atoms with E-state index in [-0.39, 0.29) is 24.3 Å². The van der Waals surface area contributed by atoms with Gasteiger partial charge in [-0.05, 0) is 32.4 Å². The molecule has 1 saturated heterocycles. The van der Waals surface area contributed by atoms with Gasteiger partial charge in [0, 0.05) is 18.5 Å². The van der Waals surface area contributed by atoms with Crippen LogP contribution in [0.5, 0.6) is 0 Å². The highest BCUT2D eigenvalue weighted by molar-refractivity contribution is 6.29. The van der Waals surface area contributed by atoms with Crippen molar-refractivity contribution >= 4 is 17.6 Å². The Hall–Kier alpha value is -1.13. The van der Waals surface area contributed by atoms with Crippen molar-refractivity contribution in [2.45, 2.75) is 58.3 Å². The predicted octanol–water partition coefficient (Wildman–Crippen LogP) is 3.41. The highest BCUT2D eigenvalue weighted by atomic mass is 35.5. The van der Waals surface area contributed by atoms with Gasteiger partial charge in [0.1, 0.15) is 11.3 Å². The van der Waals surface area contributed by atoms with Crippen molar-refractivity contribution in [2.24, 2.45) is 0 Å². The summed E-state index contributed by atoms with van der Waals surface area (Å²) in [5.41, 5.74) is 1.26. The Labute approximate surface area is 124 Å². The molecule has 1 aromatic rings. The third-order valence-electron chi connectivity index (χ3n) is 3.37. The number of hydrogen-bond acceptors (Lipinski definition) is 4. The zero-order chi connectivity index (χ0) is 14.7. The van der Waals surface area contributed by atoms with E-state index in [4.69, 9.17) is 21.1 Å². The van der Waals surface area contributed by atoms with Gasteiger partial charge in [-0.15, -0.1) is 0 Å². The maximum Gasteiger partial charge on any atom is 0.338 e. The molecule has 0 aliphatic carbocycles. The normalized spacial score (nSPS) is 26.3. The molecule has 5 heteroatoms. The molecule has 0 N–H and O–H groups in total. The molecule has 1 fully saturated rings. The molecule has 0 saturated carbocycles. The summed E-state index contributed by atoms with van der Waals surface area (Å²) in [7, 11) is 0. The molecule has 1 aliphatic heterocycles. The fourth-order valence-electron chi connectivity index (χ4n) is 2.51. The Kier molecular flexibility index (Phi) is 5.00. The van der Waals surface area contributed by atoms with Crippen LogP contribution in [0, 0.1) is 0 Å². The minimum absolute atomic E-state index is 0.0988. The summed E-state index contributed by atoms with van der Waals surface area (Å²) in [6.07, 6.45) is 2.32. The van der Waals surface area contributed by atoms with E-state index in [0.29, 0.717) is 10.7 Å². The zero-order valence-electron chi connectivity index (χ0n) is 12.1. The Morgan fingerprint density at radius 3 is 2.65 bits per heavy atom. The van der Waals surface area contributed by atoms with Gasteiger partial charge in [0.15, 0.2) is 0 Å². The number of aromatic nitrogens is 1. The minimum atomic E-state index is -0.338. The lowest BCUT2D eigenvalue weighted by atomic mass is 10.0. The number of carbonyl (C=O) groups excluding carboxylic acids is 1. The zero-order valence-corrected chi connectivity index (χ0v) is 12.8. The van der Waals surface area contributed by atoms with E-state index in [1.165, 1.54) is 0 Å². The Bertz CT molecular complexity index is 482. The molecule has 4 nitrogen and oxygen atoms in total. The summed E-state index contributed by atoms with van der Waals surface area (Å²) in [5, 5.41) is 0.324. The second kappa shape index (κ2) is 6.55. The molecule has 0 aromatic carbocycles. The van der Waals surface area contributed by atoms with Gasteiger partial charge < -0.3 is 9.47 Å². The van der Waals surface area contributed by atoms with E-state index in [1.54, 1.807) is 12.1 Å². The Balaban J connectivity index is 2.06. The van der Waals surface area contributed by atoms with Crippen molar-refractivity contribution in [3.05, 3.63) is 28.5 Å². The van der Waals surface area contributed by atoms with Crippen LogP contribution in [0.4, 0.5) is 0 Å². The largest absolute Gasteiger partial charge is 0.459 e. The molecule has 2 unspecified atom stereocenters. The lowest BCUT2D eigenvalue weighted by molar-refractivity contribution is -0.0855. The minimum Gasteiger partial charge on any atom is -0.459 e. The maximum absolute atomic E-state index is 12.2. The standard InChI is InChI=1S/C15H20ClNO3/c1-4-12-7-11(8-14(16)17-12)15(18)20-13-5-9(2)19-10(3)6-13/h7-10,13H,4-6H2,1-3H3. The van der Waals surface area contributed by atoms with Crippen molar-refractivity contribution in [3.8, 4) is 0 Å². The molecule has 0 bridgehead atoms. The van der Waals surface area contributed by atoms with Crippen molar-refractivity contribution in [3.63, 3.8) is 0 Å². The Morgan fingerprint density at radius 1 is 1.40 bits per heavy atom. The van der Waals surface area contributed by atoms with Crippen LogP contribution in [0.1, 0.15) is 49.7 Å². The molecular formula is C15H20ClNO3. The smallest absolute Gasteiger partial charge is 0.338 e. The van der Waals surface area contributed by atoms with E-state index < -0.39 is 0 Å². The number of ether oxygens (including phenoxy) is 2. The van der Waals surface area contributed by atoms with Crippen LogP contribution in [0.25, 0.3) is 0 Å². The van der Waals surface area contributed by atoms with Crippen LogP contribution in [-0.2, 0) is 15.9 Å². The lowest BCUT2D eigenvalue weighted by Crippen LogP contribution is -2.35. The summed E-state index contributed by atoms with van der Waals surface area (Å²) in [6, 6.07) is 3.29. The Morgan fingerprint density at radius 2 is 2.05 bits per heavy atom. The first-order chi connectivity index (χ1) is 9.47. The molecule has 0 spiro atoms. The molecule has 20 heavy (non-hydrogen) atoms. The van der Waals surface area contributed by atoms with Gasteiger partial charge in [-0.1, -0.05) is 18.5 Å². The number of rotatable bonds is 3. The van der Waals surface area contributed by atoms with Crippen molar-refractivity contribution in [2.75, 3.05) is 0 Å². The third kappa shape index (κ3) is 3.93. The van der Waals surface area contributed by atoms with Gasteiger partial charge in [-0.2, -0.15) is 0 Å². The number of hydrogen-bond donors (Lipinski definition) is 0. The highest BCUT2D eigenvalue weighted by Gasteiger charge is 2.27. The van der Waals surface area contributed by atoms with E-state index in [0.717, 1.165) is 25.0 Å². The molecule has 2 atom stereocenters. The first-order valence-corrected chi connectivity index (χ1v) is 7.38. The number of pyridine rings is 1. The highest BCUT2D eigenvalue weighted by Crippen LogP contribution is 2.23. The molecular weight excluding hydrogens is 278 g/mol. The van der Waals surface area contributed by atoms with Crippen LogP contribution in [0.3, 0.4) is 0 Å². The van der Waals surface area contributed by atoms with Crippen molar-refractivity contribution in [1.29, 1.82) is 0 Å². The number of halogens is 1. The number of aryl methyl sites for hydroxylation is 1. The SMILES string of the molecule is CCc1cc(C(=O)OC2CC(C)OC(C)C2)cc(Cl)n1. The first kappa shape index (κ1) is 15.3. The quantitative estimate of drug-likeness (QED) is 0.633. The molecule has 110 valence electrons. The van der Waals surface area contributed by atoms with E-state index in [1.807, 2.05) is 20.8 Å². The molecule has 2 rings (SSSR count).